The zero-order valence-electron chi connectivity index (χ0n) is 15.0. The van der Waals surface area contributed by atoms with Gasteiger partial charge in [-0.2, -0.15) is 0 Å². The van der Waals surface area contributed by atoms with Crippen LogP contribution >= 0.6 is 23.4 Å². The molecule has 144 valence electrons. The molecule has 2 amide bonds. The van der Waals surface area contributed by atoms with Gasteiger partial charge in [-0.3, -0.25) is 19.7 Å². The van der Waals surface area contributed by atoms with Crippen molar-refractivity contribution < 1.29 is 19.1 Å². The molecule has 0 aliphatic heterocycles. The fourth-order valence-corrected chi connectivity index (χ4v) is 3.87. The Kier molecular flexibility index (Phi) is 6.38. The van der Waals surface area contributed by atoms with Gasteiger partial charge in [0.05, 0.1) is 5.75 Å². The molecule has 2 aromatic carbocycles. The molecule has 0 fully saturated rings. The molecule has 0 unspecified atom stereocenters. The first-order valence-electron chi connectivity index (χ1n) is 8.37. The summed E-state index contributed by atoms with van der Waals surface area (Å²) >= 11 is 7.54. The lowest BCUT2D eigenvalue weighted by Crippen LogP contribution is -2.35. The quantitative estimate of drug-likeness (QED) is 0.492. The van der Waals surface area contributed by atoms with Crippen molar-refractivity contribution in [3.05, 3.63) is 65.4 Å². The Morgan fingerprint density at radius 2 is 1.86 bits per heavy atom. The number of halogens is 1. The summed E-state index contributed by atoms with van der Waals surface area (Å²) in [7, 11) is 1.69. The fraction of sp³-hybridized carbons (Fsp3) is 0.150. The number of thioether (sulfide) groups is 1. The number of rotatable bonds is 6. The number of hydrogen-bond acceptors (Lipinski definition) is 5. The third-order valence-electron chi connectivity index (χ3n) is 3.95. The second-order valence-electron chi connectivity index (χ2n) is 5.93. The summed E-state index contributed by atoms with van der Waals surface area (Å²) in [5, 5.41) is 4.64. The van der Waals surface area contributed by atoms with Gasteiger partial charge in [0.2, 0.25) is 0 Å². The third kappa shape index (κ3) is 4.74. The first-order valence-corrected chi connectivity index (χ1v) is 9.73. The van der Waals surface area contributed by atoms with Crippen LogP contribution < -0.4 is 5.32 Å². The van der Waals surface area contributed by atoms with Crippen LogP contribution in [0.3, 0.4) is 0 Å². The summed E-state index contributed by atoms with van der Waals surface area (Å²) in [6.07, 6.45) is 1.69. The van der Waals surface area contributed by atoms with Crippen LogP contribution in [0.25, 0.3) is 10.8 Å². The highest BCUT2D eigenvalue weighted by molar-refractivity contribution is 8.00. The summed E-state index contributed by atoms with van der Waals surface area (Å²) in [5.74, 6) is -1.77. The van der Waals surface area contributed by atoms with Gasteiger partial charge in [0.15, 0.2) is 6.61 Å². The Morgan fingerprint density at radius 3 is 2.57 bits per heavy atom. The van der Waals surface area contributed by atoms with Gasteiger partial charge in [-0.1, -0.05) is 35.9 Å². The number of carbonyl (C=O) groups excluding carboxylic acids is 3. The minimum absolute atomic E-state index is 0.0172. The average Bonchev–Trinajstić information content (AvgIpc) is 3.11. The number of amides is 2. The van der Waals surface area contributed by atoms with Crippen molar-refractivity contribution in [3.8, 4) is 0 Å². The standard InChI is InChI=1S/C20H17ClN2O4S/c1-23-10-4-8-15(23)20(26)22-17(24)11-27-18(25)12-28-16-9-3-6-13-5-2-7-14(21)19(13)16/h2-10H,11-12H2,1H3,(H,22,24,26). The molecule has 3 aromatic rings. The van der Waals surface area contributed by atoms with E-state index in [1.165, 1.54) is 11.8 Å². The van der Waals surface area contributed by atoms with E-state index in [-0.39, 0.29) is 5.75 Å². The highest BCUT2D eigenvalue weighted by Gasteiger charge is 2.15. The van der Waals surface area contributed by atoms with Crippen molar-refractivity contribution in [2.45, 2.75) is 4.90 Å². The predicted octanol–water partition coefficient (Wildman–Crippen LogP) is 3.42. The number of imide groups is 1. The molecule has 0 saturated heterocycles. The number of fused-ring (bicyclic) bond motifs is 1. The summed E-state index contributed by atoms with van der Waals surface area (Å²) in [5.41, 5.74) is 0.336. The van der Waals surface area contributed by atoms with Crippen LogP contribution in [0.1, 0.15) is 10.5 Å². The van der Waals surface area contributed by atoms with E-state index in [1.54, 1.807) is 36.0 Å². The van der Waals surface area contributed by atoms with E-state index >= 15 is 0 Å². The van der Waals surface area contributed by atoms with Crippen molar-refractivity contribution in [1.29, 1.82) is 0 Å². The monoisotopic (exact) mass is 416 g/mol. The number of nitrogens with one attached hydrogen (secondary N) is 1. The van der Waals surface area contributed by atoms with E-state index in [9.17, 15) is 14.4 Å². The molecule has 0 atom stereocenters. The van der Waals surface area contributed by atoms with Crippen molar-refractivity contribution in [3.63, 3.8) is 0 Å². The predicted molar refractivity (Wildman–Crippen MR) is 109 cm³/mol. The second kappa shape index (κ2) is 8.95. The van der Waals surface area contributed by atoms with Crippen molar-refractivity contribution in [2.75, 3.05) is 12.4 Å². The van der Waals surface area contributed by atoms with E-state index in [1.807, 2.05) is 30.3 Å². The smallest absolute Gasteiger partial charge is 0.316 e. The summed E-state index contributed by atoms with van der Waals surface area (Å²) in [4.78, 5) is 36.6. The first-order chi connectivity index (χ1) is 13.5. The molecule has 0 aliphatic rings. The number of esters is 1. The number of ether oxygens (including phenoxy) is 1. The largest absolute Gasteiger partial charge is 0.455 e. The number of carbonyl (C=O) groups is 3. The van der Waals surface area contributed by atoms with E-state index in [0.29, 0.717) is 10.7 Å². The van der Waals surface area contributed by atoms with Crippen LogP contribution in [0.15, 0.2) is 59.6 Å². The van der Waals surface area contributed by atoms with Gasteiger partial charge < -0.3 is 9.30 Å². The maximum atomic E-state index is 12.0. The third-order valence-corrected chi connectivity index (χ3v) is 5.30. The van der Waals surface area contributed by atoms with E-state index in [0.717, 1.165) is 15.7 Å². The molecule has 0 spiro atoms. The molecular formula is C20H17ClN2O4S. The van der Waals surface area contributed by atoms with Crippen molar-refractivity contribution >= 4 is 51.9 Å². The Balaban J connectivity index is 1.51. The topological polar surface area (TPSA) is 77.4 Å². The second-order valence-corrected chi connectivity index (χ2v) is 7.35. The van der Waals surface area contributed by atoms with Gasteiger partial charge in [0.1, 0.15) is 5.69 Å². The first kappa shape index (κ1) is 20.0. The van der Waals surface area contributed by atoms with Crippen LogP contribution in [0.2, 0.25) is 5.02 Å². The maximum absolute atomic E-state index is 12.0. The highest BCUT2D eigenvalue weighted by Crippen LogP contribution is 2.33. The summed E-state index contributed by atoms with van der Waals surface area (Å²) in [6.45, 7) is -0.522. The Labute approximate surface area is 170 Å². The molecule has 0 bridgehead atoms. The number of nitrogens with zero attached hydrogens (tertiary/aromatic N) is 1. The molecule has 8 heteroatoms. The van der Waals surface area contributed by atoms with Crippen LogP contribution in [0.5, 0.6) is 0 Å². The van der Waals surface area contributed by atoms with Crippen LogP contribution in [0, 0.1) is 0 Å². The molecule has 0 saturated carbocycles. The Hall–Kier alpha value is -2.77. The SMILES string of the molecule is Cn1cccc1C(=O)NC(=O)COC(=O)CSc1cccc2cccc(Cl)c12. The zero-order valence-corrected chi connectivity index (χ0v) is 16.5. The van der Waals surface area contributed by atoms with Crippen molar-refractivity contribution in [1.82, 2.24) is 9.88 Å². The lowest BCUT2D eigenvalue weighted by molar-refractivity contribution is -0.145. The molecule has 1 heterocycles. The molecule has 3 rings (SSSR count). The molecule has 28 heavy (non-hydrogen) atoms. The van der Waals surface area contributed by atoms with Gasteiger partial charge in [0.25, 0.3) is 11.8 Å². The van der Waals surface area contributed by atoms with Gasteiger partial charge in [-0.05, 0) is 29.7 Å². The minimum Gasteiger partial charge on any atom is -0.455 e. The Bertz CT molecular complexity index is 1040. The molecule has 1 aromatic heterocycles. The molecule has 0 aliphatic carbocycles. The highest BCUT2D eigenvalue weighted by atomic mass is 35.5. The molecule has 0 radical (unpaired) electrons. The van der Waals surface area contributed by atoms with E-state index in [2.05, 4.69) is 5.32 Å². The van der Waals surface area contributed by atoms with Crippen LogP contribution in [0.4, 0.5) is 0 Å². The summed E-state index contributed by atoms with van der Waals surface area (Å²) in [6, 6.07) is 14.6. The number of aryl methyl sites for hydroxylation is 1. The average molecular weight is 417 g/mol. The number of hydrogen-bond donors (Lipinski definition) is 1. The lowest BCUT2D eigenvalue weighted by atomic mass is 10.1. The van der Waals surface area contributed by atoms with Gasteiger partial charge >= 0.3 is 5.97 Å². The zero-order chi connectivity index (χ0) is 20.1. The molecule has 6 nitrogen and oxygen atoms in total. The van der Waals surface area contributed by atoms with Gasteiger partial charge in [-0.25, -0.2) is 0 Å². The van der Waals surface area contributed by atoms with E-state index in [4.69, 9.17) is 16.3 Å². The maximum Gasteiger partial charge on any atom is 0.316 e. The normalized spacial score (nSPS) is 10.6. The van der Waals surface area contributed by atoms with E-state index < -0.39 is 24.4 Å². The lowest BCUT2D eigenvalue weighted by Gasteiger charge is -2.08. The van der Waals surface area contributed by atoms with Crippen LogP contribution in [-0.2, 0) is 21.4 Å². The number of aromatic nitrogens is 1. The molecule has 1 N–H and O–H groups in total. The summed E-state index contributed by atoms with van der Waals surface area (Å²) < 4.78 is 6.54. The van der Waals surface area contributed by atoms with Gasteiger partial charge in [0, 0.05) is 28.5 Å². The molecular weight excluding hydrogens is 400 g/mol. The Morgan fingerprint density at radius 1 is 1.11 bits per heavy atom. The van der Waals surface area contributed by atoms with Crippen LogP contribution in [-0.4, -0.2) is 34.7 Å². The van der Waals surface area contributed by atoms with Crippen molar-refractivity contribution in [2.24, 2.45) is 7.05 Å². The van der Waals surface area contributed by atoms with Gasteiger partial charge in [-0.15, -0.1) is 11.8 Å². The minimum atomic E-state index is -0.683. The number of benzene rings is 2. The fourth-order valence-electron chi connectivity index (χ4n) is 2.63.